The number of nitro benzene ring substituents is 1. The van der Waals surface area contributed by atoms with E-state index in [1.165, 1.54) is 19.2 Å². The number of nitrogens with zero attached hydrogens (tertiary/aromatic N) is 1. The van der Waals surface area contributed by atoms with Gasteiger partial charge in [0.05, 0.1) is 17.6 Å². The standard InChI is InChI=1S/C16H13ClN2O5/c1-24-16(21)11-4-2-10(3-5-11)9-18-15(20)12-6-7-13(17)14(8-12)19(22)23/h2-8H,9H2,1H3,(H,18,20). The molecule has 1 amide bonds. The van der Waals surface area contributed by atoms with Gasteiger partial charge in [0.15, 0.2) is 0 Å². The van der Waals surface area contributed by atoms with E-state index in [0.29, 0.717) is 5.56 Å². The van der Waals surface area contributed by atoms with Gasteiger partial charge in [-0.3, -0.25) is 14.9 Å². The van der Waals surface area contributed by atoms with Gasteiger partial charge in [0, 0.05) is 18.2 Å². The number of hydrogen-bond acceptors (Lipinski definition) is 5. The molecule has 0 saturated heterocycles. The minimum Gasteiger partial charge on any atom is -0.465 e. The first-order valence-corrected chi connectivity index (χ1v) is 7.19. The second-order valence-corrected chi connectivity index (χ2v) is 5.20. The van der Waals surface area contributed by atoms with Gasteiger partial charge in [-0.25, -0.2) is 4.79 Å². The predicted molar refractivity (Wildman–Crippen MR) is 87.1 cm³/mol. The van der Waals surface area contributed by atoms with E-state index in [-0.39, 0.29) is 22.8 Å². The van der Waals surface area contributed by atoms with E-state index in [9.17, 15) is 19.7 Å². The van der Waals surface area contributed by atoms with Crippen molar-refractivity contribution in [1.82, 2.24) is 5.32 Å². The lowest BCUT2D eigenvalue weighted by Gasteiger charge is -2.07. The summed E-state index contributed by atoms with van der Waals surface area (Å²) in [5.41, 5.74) is 0.976. The van der Waals surface area contributed by atoms with Crippen molar-refractivity contribution in [3.63, 3.8) is 0 Å². The minimum atomic E-state index is -0.648. The van der Waals surface area contributed by atoms with Crippen LogP contribution in [0.15, 0.2) is 42.5 Å². The average Bonchev–Trinajstić information content (AvgIpc) is 2.59. The van der Waals surface area contributed by atoms with E-state index < -0.39 is 16.8 Å². The van der Waals surface area contributed by atoms with Crippen LogP contribution in [0.5, 0.6) is 0 Å². The van der Waals surface area contributed by atoms with Crippen molar-refractivity contribution in [3.8, 4) is 0 Å². The third-order valence-electron chi connectivity index (χ3n) is 3.23. The molecule has 0 atom stereocenters. The molecular formula is C16H13ClN2O5. The predicted octanol–water partition coefficient (Wildman–Crippen LogP) is 2.96. The molecule has 0 saturated carbocycles. The Hall–Kier alpha value is -2.93. The number of carbonyl (C=O) groups is 2. The summed E-state index contributed by atoms with van der Waals surface area (Å²) in [5, 5.41) is 13.4. The lowest BCUT2D eigenvalue weighted by atomic mass is 10.1. The molecule has 0 spiro atoms. The largest absolute Gasteiger partial charge is 0.465 e. The van der Waals surface area contributed by atoms with Gasteiger partial charge in [-0.05, 0) is 29.8 Å². The number of benzene rings is 2. The first kappa shape index (κ1) is 17.4. The molecule has 0 heterocycles. The Kier molecular flexibility index (Phi) is 5.49. The number of rotatable bonds is 5. The molecule has 124 valence electrons. The van der Waals surface area contributed by atoms with Crippen LogP contribution in [0, 0.1) is 10.1 Å². The zero-order chi connectivity index (χ0) is 17.7. The average molecular weight is 349 g/mol. The summed E-state index contributed by atoms with van der Waals surface area (Å²) in [4.78, 5) is 33.6. The molecule has 0 aromatic heterocycles. The van der Waals surface area contributed by atoms with Gasteiger partial charge in [-0.15, -0.1) is 0 Å². The van der Waals surface area contributed by atoms with Gasteiger partial charge in [-0.1, -0.05) is 23.7 Å². The molecule has 24 heavy (non-hydrogen) atoms. The highest BCUT2D eigenvalue weighted by Gasteiger charge is 2.16. The van der Waals surface area contributed by atoms with Gasteiger partial charge in [0.2, 0.25) is 0 Å². The number of ether oxygens (including phenoxy) is 1. The van der Waals surface area contributed by atoms with Crippen LogP contribution >= 0.6 is 11.6 Å². The zero-order valence-electron chi connectivity index (χ0n) is 12.6. The highest BCUT2D eigenvalue weighted by atomic mass is 35.5. The number of halogens is 1. The van der Waals surface area contributed by atoms with E-state index in [2.05, 4.69) is 10.1 Å². The number of methoxy groups -OCH3 is 1. The molecule has 2 aromatic rings. The Balaban J connectivity index is 2.04. The minimum absolute atomic E-state index is 0.0325. The van der Waals surface area contributed by atoms with E-state index in [4.69, 9.17) is 11.6 Å². The molecule has 0 aliphatic heterocycles. The summed E-state index contributed by atoms with van der Waals surface area (Å²) in [7, 11) is 1.29. The van der Waals surface area contributed by atoms with Gasteiger partial charge in [0.1, 0.15) is 5.02 Å². The molecule has 7 nitrogen and oxygen atoms in total. The topological polar surface area (TPSA) is 98.5 Å². The van der Waals surface area contributed by atoms with Crippen LogP contribution in [-0.4, -0.2) is 23.9 Å². The molecule has 0 aliphatic carbocycles. The Labute approximate surface area is 142 Å². The van der Waals surface area contributed by atoms with Crippen molar-refractivity contribution in [2.24, 2.45) is 0 Å². The van der Waals surface area contributed by atoms with Crippen LogP contribution in [0.25, 0.3) is 0 Å². The fourth-order valence-corrected chi connectivity index (χ4v) is 2.14. The normalized spacial score (nSPS) is 10.1. The second-order valence-electron chi connectivity index (χ2n) is 4.79. The van der Waals surface area contributed by atoms with E-state index in [1.807, 2.05) is 0 Å². The van der Waals surface area contributed by atoms with E-state index >= 15 is 0 Å². The van der Waals surface area contributed by atoms with Gasteiger partial charge >= 0.3 is 5.97 Å². The maximum absolute atomic E-state index is 12.1. The molecule has 0 radical (unpaired) electrons. The third kappa shape index (κ3) is 4.08. The van der Waals surface area contributed by atoms with Crippen molar-refractivity contribution in [2.75, 3.05) is 7.11 Å². The molecule has 8 heteroatoms. The highest BCUT2D eigenvalue weighted by molar-refractivity contribution is 6.32. The summed E-state index contributed by atoms with van der Waals surface area (Å²) < 4.78 is 4.60. The Morgan fingerprint density at radius 2 is 1.79 bits per heavy atom. The van der Waals surface area contributed by atoms with Crippen LogP contribution in [-0.2, 0) is 11.3 Å². The van der Waals surface area contributed by atoms with Crippen molar-refractivity contribution >= 4 is 29.2 Å². The van der Waals surface area contributed by atoms with Crippen molar-refractivity contribution in [3.05, 3.63) is 74.3 Å². The van der Waals surface area contributed by atoms with Crippen LogP contribution < -0.4 is 5.32 Å². The first-order chi connectivity index (χ1) is 11.4. The molecule has 0 unspecified atom stereocenters. The van der Waals surface area contributed by atoms with E-state index in [1.54, 1.807) is 24.3 Å². The molecule has 2 rings (SSSR count). The highest BCUT2D eigenvalue weighted by Crippen LogP contribution is 2.25. The Morgan fingerprint density at radius 3 is 2.38 bits per heavy atom. The van der Waals surface area contributed by atoms with Gasteiger partial charge < -0.3 is 10.1 Å². The maximum atomic E-state index is 12.1. The summed E-state index contributed by atoms with van der Waals surface area (Å²) in [6.45, 7) is 0.205. The smallest absolute Gasteiger partial charge is 0.337 e. The van der Waals surface area contributed by atoms with Crippen molar-refractivity contribution < 1.29 is 19.2 Å². The number of nitrogens with one attached hydrogen (secondary N) is 1. The fraction of sp³-hybridized carbons (Fsp3) is 0.125. The summed E-state index contributed by atoms with van der Waals surface area (Å²) in [6.07, 6.45) is 0. The fourth-order valence-electron chi connectivity index (χ4n) is 1.95. The van der Waals surface area contributed by atoms with Crippen LogP contribution in [0.3, 0.4) is 0 Å². The summed E-state index contributed by atoms with van der Waals surface area (Å²) >= 11 is 5.71. The van der Waals surface area contributed by atoms with E-state index in [0.717, 1.165) is 11.6 Å². The molecule has 0 aliphatic rings. The summed E-state index contributed by atoms with van der Waals surface area (Å²) in [6, 6.07) is 10.4. The lowest BCUT2D eigenvalue weighted by molar-refractivity contribution is -0.384. The van der Waals surface area contributed by atoms with Gasteiger partial charge in [-0.2, -0.15) is 0 Å². The zero-order valence-corrected chi connectivity index (χ0v) is 13.4. The monoisotopic (exact) mass is 348 g/mol. The van der Waals surface area contributed by atoms with Crippen molar-refractivity contribution in [1.29, 1.82) is 0 Å². The number of esters is 1. The second kappa shape index (κ2) is 7.56. The van der Waals surface area contributed by atoms with Crippen LogP contribution in [0.4, 0.5) is 5.69 Å². The van der Waals surface area contributed by atoms with Crippen LogP contribution in [0.1, 0.15) is 26.3 Å². The molecule has 1 N–H and O–H groups in total. The van der Waals surface area contributed by atoms with Crippen molar-refractivity contribution in [2.45, 2.75) is 6.54 Å². The quantitative estimate of drug-likeness (QED) is 0.509. The maximum Gasteiger partial charge on any atom is 0.337 e. The third-order valence-corrected chi connectivity index (χ3v) is 3.55. The number of hydrogen-bond donors (Lipinski definition) is 1. The molecule has 0 fully saturated rings. The molecule has 2 aromatic carbocycles. The van der Waals surface area contributed by atoms with Gasteiger partial charge in [0.25, 0.3) is 11.6 Å². The first-order valence-electron chi connectivity index (χ1n) is 6.81. The Bertz CT molecular complexity index is 790. The van der Waals surface area contributed by atoms with Crippen LogP contribution in [0.2, 0.25) is 5.02 Å². The summed E-state index contributed by atoms with van der Waals surface area (Å²) in [5.74, 6) is -0.911. The number of carbonyl (C=O) groups excluding carboxylic acids is 2. The Morgan fingerprint density at radius 1 is 1.17 bits per heavy atom. The lowest BCUT2D eigenvalue weighted by Crippen LogP contribution is -2.22. The number of amides is 1. The molecular weight excluding hydrogens is 336 g/mol. The molecule has 0 bridgehead atoms. The number of nitro groups is 1. The SMILES string of the molecule is COC(=O)c1ccc(CNC(=O)c2ccc(Cl)c([N+](=O)[O-])c2)cc1.